The predicted molar refractivity (Wildman–Crippen MR) is 51.0 cm³/mol. The van der Waals surface area contributed by atoms with Gasteiger partial charge < -0.3 is 14.6 Å². The zero-order valence-electron chi connectivity index (χ0n) is 7.72. The monoisotopic (exact) mass is 202 g/mol. The van der Waals surface area contributed by atoms with Gasteiger partial charge in [0.15, 0.2) is 11.5 Å². The molecule has 72 valence electrons. The zero-order valence-corrected chi connectivity index (χ0v) is 8.47. The average molecular weight is 203 g/mol. The molecular weight excluding hydrogens is 192 g/mol. The fraction of sp³-hybridized carbons (Fsp3) is 0.333. The number of benzene rings is 1. The quantitative estimate of drug-likeness (QED) is 0.800. The molecule has 13 heavy (non-hydrogen) atoms. The summed E-state index contributed by atoms with van der Waals surface area (Å²) in [6, 6.07) is 1.43. The molecule has 1 aromatic carbocycles. The first-order valence-electron chi connectivity index (χ1n) is 3.71. The lowest BCUT2D eigenvalue weighted by Crippen LogP contribution is -1.94. The van der Waals surface area contributed by atoms with E-state index in [1.807, 2.05) is 0 Å². The Morgan fingerprint density at radius 1 is 1.23 bits per heavy atom. The molecule has 0 fully saturated rings. The zero-order chi connectivity index (χ0) is 10.0. The minimum Gasteiger partial charge on any atom is -0.504 e. The molecule has 0 radical (unpaired) electrons. The summed E-state index contributed by atoms with van der Waals surface area (Å²) in [5.74, 6) is 0.756. The van der Waals surface area contributed by atoms with Crippen molar-refractivity contribution < 1.29 is 14.6 Å². The van der Waals surface area contributed by atoms with Crippen LogP contribution in [-0.4, -0.2) is 19.3 Å². The Hall–Kier alpha value is -1.09. The minimum absolute atomic E-state index is 0.0186. The maximum Gasteiger partial charge on any atom is 0.203 e. The van der Waals surface area contributed by atoms with E-state index < -0.39 is 0 Å². The van der Waals surface area contributed by atoms with E-state index in [-0.39, 0.29) is 5.75 Å². The molecule has 0 saturated heterocycles. The number of hydrogen-bond acceptors (Lipinski definition) is 3. The van der Waals surface area contributed by atoms with Crippen molar-refractivity contribution in [2.24, 2.45) is 0 Å². The molecule has 0 heterocycles. The first-order valence-corrected chi connectivity index (χ1v) is 4.09. The van der Waals surface area contributed by atoms with Crippen molar-refractivity contribution >= 4 is 11.6 Å². The van der Waals surface area contributed by atoms with Crippen LogP contribution in [0.15, 0.2) is 6.07 Å². The maximum atomic E-state index is 9.44. The number of halogens is 1. The fourth-order valence-corrected chi connectivity index (χ4v) is 1.32. The molecule has 0 amide bonds. The molecule has 1 rings (SSSR count). The maximum absolute atomic E-state index is 9.44. The molecule has 0 saturated carbocycles. The van der Waals surface area contributed by atoms with Crippen LogP contribution in [0.5, 0.6) is 17.2 Å². The normalized spacial score (nSPS) is 9.85. The third-order valence-electron chi connectivity index (χ3n) is 1.81. The van der Waals surface area contributed by atoms with Gasteiger partial charge >= 0.3 is 0 Å². The van der Waals surface area contributed by atoms with Crippen molar-refractivity contribution in [2.75, 3.05) is 14.2 Å². The molecule has 1 N–H and O–H groups in total. The van der Waals surface area contributed by atoms with E-state index in [1.165, 1.54) is 20.3 Å². The standard InChI is InChI=1S/C9H11ClO3/c1-5-6(10)4-7(11)9(13-3)8(5)12-2/h4,11H,1-3H3. The average Bonchev–Trinajstić information content (AvgIpc) is 2.10. The van der Waals surface area contributed by atoms with Crippen LogP contribution in [0.3, 0.4) is 0 Å². The van der Waals surface area contributed by atoms with E-state index in [2.05, 4.69) is 0 Å². The highest BCUT2D eigenvalue weighted by atomic mass is 35.5. The molecule has 0 aliphatic carbocycles. The highest BCUT2D eigenvalue weighted by Gasteiger charge is 2.15. The van der Waals surface area contributed by atoms with Gasteiger partial charge in [0, 0.05) is 11.6 Å². The van der Waals surface area contributed by atoms with Gasteiger partial charge in [0.25, 0.3) is 0 Å². The topological polar surface area (TPSA) is 38.7 Å². The van der Waals surface area contributed by atoms with Gasteiger partial charge in [-0.2, -0.15) is 0 Å². The molecule has 0 aromatic heterocycles. The van der Waals surface area contributed by atoms with Crippen LogP contribution in [-0.2, 0) is 0 Å². The van der Waals surface area contributed by atoms with Crippen molar-refractivity contribution in [1.29, 1.82) is 0 Å². The molecule has 4 heteroatoms. The summed E-state index contributed by atoms with van der Waals surface area (Å²) in [7, 11) is 2.96. The van der Waals surface area contributed by atoms with Gasteiger partial charge in [-0.25, -0.2) is 0 Å². The summed E-state index contributed by atoms with van der Waals surface area (Å²) in [5.41, 5.74) is 0.749. The van der Waals surface area contributed by atoms with E-state index in [4.69, 9.17) is 21.1 Å². The first-order chi connectivity index (χ1) is 6.11. The van der Waals surface area contributed by atoms with Gasteiger partial charge in [-0.1, -0.05) is 11.6 Å². The second-order valence-corrected chi connectivity index (χ2v) is 2.98. The molecule has 0 bridgehead atoms. The van der Waals surface area contributed by atoms with Crippen LogP contribution in [0.25, 0.3) is 0 Å². The number of methoxy groups -OCH3 is 2. The second kappa shape index (κ2) is 3.75. The van der Waals surface area contributed by atoms with Crippen molar-refractivity contribution in [1.82, 2.24) is 0 Å². The minimum atomic E-state index is -0.0186. The number of aromatic hydroxyl groups is 1. The first kappa shape index (κ1) is 9.99. The van der Waals surface area contributed by atoms with E-state index in [0.717, 1.165) is 5.56 Å². The predicted octanol–water partition coefficient (Wildman–Crippen LogP) is 2.37. The Kier molecular flexibility index (Phi) is 2.88. The smallest absolute Gasteiger partial charge is 0.203 e. The van der Waals surface area contributed by atoms with E-state index in [1.54, 1.807) is 6.92 Å². The van der Waals surface area contributed by atoms with E-state index in [0.29, 0.717) is 16.5 Å². The molecule has 0 spiro atoms. The van der Waals surface area contributed by atoms with Crippen LogP contribution in [0.1, 0.15) is 5.56 Å². The third-order valence-corrected chi connectivity index (χ3v) is 2.20. The summed E-state index contributed by atoms with van der Waals surface area (Å²) in [4.78, 5) is 0. The molecular formula is C9H11ClO3. The van der Waals surface area contributed by atoms with Crippen LogP contribution >= 0.6 is 11.6 Å². The van der Waals surface area contributed by atoms with Gasteiger partial charge in [0.1, 0.15) is 0 Å². The van der Waals surface area contributed by atoms with Gasteiger partial charge in [0.2, 0.25) is 5.75 Å². The van der Waals surface area contributed by atoms with Crippen LogP contribution < -0.4 is 9.47 Å². The number of rotatable bonds is 2. The van der Waals surface area contributed by atoms with Gasteiger partial charge in [0.05, 0.1) is 19.2 Å². The summed E-state index contributed by atoms with van der Waals surface area (Å²) in [5, 5.41) is 9.89. The lowest BCUT2D eigenvalue weighted by Gasteiger charge is -2.12. The Morgan fingerprint density at radius 3 is 2.23 bits per heavy atom. The molecule has 0 aliphatic heterocycles. The van der Waals surface area contributed by atoms with Crippen molar-refractivity contribution in [3.63, 3.8) is 0 Å². The molecule has 0 unspecified atom stereocenters. The van der Waals surface area contributed by atoms with Crippen molar-refractivity contribution in [3.8, 4) is 17.2 Å². The number of phenols is 1. The largest absolute Gasteiger partial charge is 0.504 e. The summed E-state index contributed by atoms with van der Waals surface area (Å²) < 4.78 is 10.0. The van der Waals surface area contributed by atoms with Gasteiger partial charge in [-0.05, 0) is 6.92 Å². The fourth-order valence-electron chi connectivity index (χ4n) is 1.13. The van der Waals surface area contributed by atoms with Gasteiger partial charge in [-0.3, -0.25) is 0 Å². The number of hydrogen-bond donors (Lipinski definition) is 1. The second-order valence-electron chi connectivity index (χ2n) is 2.57. The van der Waals surface area contributed by atoms with Crippen molar-refractivity contribution in [3.05, 3.63) is 16.7 Å². The Bertz CT molecular complexity index is 323. The van der Waals surface area contributed by atoms with E-state index in [9.17, 15) is 5.11 Å². The summed E-state index contributed by atoms with van der Waals surface area (Å²) in [6.07, 6.45) is 0. The summed E-state index contributed by atoms with van der Waals surface area (Å²) in [6.45, 7) is 1.79. The summed E-state index contributed by atoms with van der Waals surface area (Å²) >= 11 is 5.83. The van der Waals surface area contributed by atoms with E-state index >= 15 is 0 Å². The lowest BCUT2D eigenvalue weighted by atomic mass is 10.2. The van der Waals surface area contributed by atoms with Crippen LogP contribution in [0.2, 0.25) is 5.02 Å². The Balaban J connectivity index is 3.41. The highest BCUT2D eigenvalue weighted by molar-refractivity contribution is 6.31. The third kappa shape index (κ3) is 1.65. The molecule has 0 aliphatic rings. The Morgan fingerprint density at radius 2 is 1.77 bits per heavy atom. The van der Waals surface area contributed by atoms with Crippen molar-refractivity contribution in [2.45, 2.75) is 6.92 Å². The Labute approximate surface area is 81.9 Å². The highest BCUT2D eigenvalue weighted by Crippen LogP contribution is 2.42. The van der Waals surface area contributed by atoms with Gasteiger partial charge in [-0.15, -0.1) is 0 Å². The van der Waals surface area contributed by atoms with Crippen LogP contribution in [0, 0.1) is 6.92 Å². The lowest BCUT2D eigenvalue weighted by molar-refractivity contribution is 0.331. The SMILES string of the molecule is COc1c(O)cc(Cl)c(C)c1OC. The van der Waals surface area contributed by atoms with Crippen LogP contribution in [0.4, 0.5) is 0 Å². The molecule has 1 aromatic rings. The number of phenolic OH excluding ortho intramolecular Hbond substituents is 1. The molecule has 3 nitrogen and oxygen atoms in total. The number of ether oxygens (including phenoxy) is 2. The molecule has 0 atom stereocenters.